The van der Waals surface area contributed by atoms with Crippen LogP contribution in [0, 0.1) is 5.92 Å². The van der Waals surface area contributed by atoms with Crippen molar-refractivity contribution in [1.82, 2.24) is 19.7 Å². The molecular formula is C24H28N4O2S. The summed E-state index contributed by atoms with van der Waals surface area (Å²) in [6.45, 7) is 4.41. The molecule has 2 aromatic carbocycles. The second-order valence-corrected chi connectivity index (χ2v) is 8.84. The van der Waals surface area contributed by atoms with Crippen LogP contribution in [0.4, 0.5) is 0 Å². The van der Waals surface area contributed by atoms with Crippen LogP contribution in [-0.2, 0) is 17.8 Å². The van der Waals surface area contributed by atoms with E-state index < -0.39 is 0 Å². The van der Waals surface area contributed by atoms with E-state index in [9.17, 15) is 9.90 Å². The molecule has 0 radical (unpaired) electrons. The third kappa shape index (κ3) is 5.28. The molecule has 2 heterocycles. The van der Waals surface area contributed by atoms with Crippen LogP contribution in [0.3, 0.4) is 0 Å². The molecule has 0 spiro atoms. The lowest BCUT2D eigenvalue weighted by atomic mass is 9.90. The van der Waals surface area contributed by atoms with Gasteiger partial charge >= 0.3 is 0 Å². The van der Waals surface area contributed by atoms with Crippen LogP contribution < -0.4 is 0 Å². The van der Waals surface area contributed by atoms with Crippen molar-refractivity contribution in [3.8, 4) is 17.1 Å². The van der Waals surface area contributed by atoms with Gasteiger partial charge in [0, 0.05) is 25.2 Å². The Kier molecular flexibility index (Phi) is 6.92. The van der Waals surface area contributed by atoms with Crippen LogP contribution in [0.5, 0.6) is 5.75 Å². The fourth-order valence-corrected chi connectivity index (χ4v) is 4.96. The molecule has 3 aromatic rings. The molecule has 7 heteroatoms. The summed E-state index contributed by atoms with van der Waals surface area (Å²) in [5.74, 6) is 2.16. The lowest BCUT2D eigenvalue weighted by Crippen LogP contribution is -2.39. The van der Waals surface area contributed by atoms with Crippen LogP contribution in [0.1, 0.15) is 25.3 Å². The second-order valence-electron chi connectivity index (χ2n) is 7.90. The molecule has 162 valence electrons. The molecule has 1 saturated heterocycles. The number of aromatic nitrogens is 3. The fourth-order valence-electron chi connectivity index (χ4n) is 4.06. The highest BCUT2D eigenvalue weighted by atomic mass is 32.2. The molecule has 0 unspecified atom stereocenters. The smallest absolute Gasteiger partial charge is 0.233 e. The van der Waals surface area contributed by atoms with Crippen molar-refractivity contribution in [2.24, 2.45) is 5.92 Å². The normalized spacial score (nSPS) is 14.7. The first-order valence-corrected chi connectivity index (χ1v) is 11.8. The van der Waals surface area contributed by atoms with Gasteiger partial charge in [0.25, 0.3) is 0 Å². The van der Waals surface area contributed by atoms with Gasteiger partial charge in [-0.2, -0.15) is 0 Å². The SMILES string of the molecule is CCn1c(SCC(=O)N2CCC(Cc3ccccc3)CC2)nnc1-c1ccc(O)cc1. The molecular weight excluding hydrogens is 408 g/mol. The minimum Gasteiger partial charge on any atom is -0.508 e. The Bertz CT molecular complexity index is 996. The third-order valence-electron chi connectivity index (χ3n) is 5.82. The topological polar surface area (TPSA) is 71.2 Å². The average Bonchev–Trinajstić information content (AvgIpc) is 3.22. The quantitative estimate of drug-likeness (QED) is 0.561. The van der Waals surface area contributed by atoms with E-state index in [-0.39, 0.29) is 11.7 Å². The Labute approximate surface area is 187 Å². The van der Waals surface area contributed by atoms with Gasteiger partial charge in [0.05, 0.1) is 5.75 Å². The number of benzene rings is 2. The summed E-state index contributed by atoms with van der Waals surface area (Å²) in [6.07, 6.45) is 3.21. The van der Waals surface area contributed by atoms with E-state index in [0.717, 1.165) is 48.9 Å². The molecule has 0 saturated carbocycles. The van der Waals surface area contributed by atoms with Crippen molar-refractivity contribution >= 4 is 17.7 Å². The first-order valence-electron chi connectivity index (χ1n) is 10.8. The number of phenols is 1. The summed E-state index contributed by atoms with van der Waals surface area (Å²) in [5, 5.41) is 18.9. The van der Waals surface area contributed by atoms with Gasteiger partial charge in [0.2, 0.25) is 5.91 Å². The summed E-state index contributed by atoms with van der Waals surface area (Å²) < 4.78 is 2.01. The second kappa shape index (κ2) is 10.0. The maximum atomic E-state index is 12.8. The number of carbonyl (C=O) groups is 1. The van der Waals surface area contributed by atoms with E-state index in [1.807, 2.05) is 28.5 Å². The first kappa shape index (κ1) is 21.4. The Balaban J connectivity index is 1.31. The maximum Gasteiger partial charge on any atom is 0.233 e. The predicted octanol–water partition coefficient (Wildman–Crippen LogP) is 4.24. The van der Waals surface area contributed by atoms with Gasteiger partial charge in [-0.3, -0.25) is 4.79 Å². The number of thioether (sulfide) groups is 1. The van der Waals surface area contributed by atoms with Crippen LogP contribution in [-0.4, -0.2) is 49.5 Å². The van der Waals surface area contributed by atoms with E-state index in [4.69, 9.17) is 0 Å². The Morgan fingerprint density at radius 3 is 2.45 bits per heavy atom. The van der Waals surface area contributed by atoms with Crippen molar-refractivity contribution < 1.29 is 9.90 Å². The summed E-state index contributed by atoms with van der Waals surface area (Å²) in [7, 11) is 0. The molecule has 31 heavy (non-hydrogen) atoms. The molecule has 1 aliphatic heterocycles. The number of hydrogen-bond donors (Lipinski definition) is 1. The summed E-state index contributed by atoms with van der Waals surface area (Å²) in [5.41, 5.74) is 2.27. The molecule has 1 aliphatic rings. The van der Waals surface area contributed by atoms with Gasteiger partial charge < -0.3 is 14.6 Å². The summed E-state index contributed by atoms with van der Waals surface area (Å²) in [6, 6.07) is 17.5. The van der Waals surface area contributed by atoms with Crippen molar-refractivity contribution in [3.63, 3.8) is 0 Å². The number of hydrogen-bond acceptors (Lipinski definition) is 5. The molecule has 0 aliphatic carbocycles. The Hall–Kier alpha value is -2.80. The van der Waals surface area contributed by atoms with E-state index in [1.165, 1.54) is 17.3 Å². The number of piperidine rings is 1. The molecule has 0 bridgehead atoms. The number of aromatic hydroxyl groups is 1. The largest absolute Gasteiger partial charge is 0.508 e. The van der Waals surface area contributed by atoms with Crippen LogP contribution in [0.15, 0.2) is 59.8 Å². The van der Waals surface area contributed by atoms with Crippen molar-refractivity contribution in [2.45, 2.75) is 37.9 Å². The van der Waals surface area contributed by atoms with Gasteiger partial charge in [0.1, 0.15) is 5.75 Å². The van der Waals surface area contributed by atoms with Crippen LogP contribution in [0.25, 0.3) is 11.4 Å². The van der Waals surface area contributed by atoms with Gasteiger partial charge in [-0.05, 0) is 61.9 Å². The molecule has 0 atom stereocenters. The third-order valence-corrected chi connectivity index (χ3v) is 6.77. The molecule has 4 rings (SSSR count). The highest BCUT2D eigenvalue weighted by Crippen LogP contribution is 2.26. The number of nitrogens with zero attached hydrogens (tertiary/aromatic N) is 4. The first-order chi connectivity index (χ1) is 15.1. The molecule has 1 amide bonds. The number of rotatable bonds is 7. The summed E-state index contributed by atoms with van der Waals surface area (Å²) >= 11 is 1.44. The van der Waals surface area contributed by atoms with Gasteiger partial charge in [-0.1, -0.05) is 42.1 Å². The van der Waals surface area contributed by atoms with Gasteiger partial charge in [-0.25, -0.2) is 0 Å². The molecule has 1 fully saturated rings. The zero-order valence-corrected chi connectivity index (χ0v) is 18.6. The highest BCUT2D eigenvalue weighted by molar-refractivity contribution is 7.99. The van der Waals surface area contributed by atoms with Crippen molar-refractivity contribution in [3.05, 3.63) is 60.2 Å². The lowest BCUT2D eigenvalue weighted by molar-refractivity contribution is -0.129. The van der Waals surface area contributed by atoms with E-state index in [1.54, 1.807) is 12.1 Å². The number of amides is 1. The highest BCUT2D eigenvalue weighted by Gasteiger charge is 2.24. The zero-order valence-electron chi connectivity index (χ0n) is 17.8. The standard InChI is InChI=1S/C24H28N4O2S/c1-2-28-23(20-8-10-21(29)11-9-20)25-26-24(28)31-17-22(30)27-14-12-19(13-15-27)16-18-6-4-3-5-7-18/h3-11,19,29H,2,12-17H2,1H3. The monoisotopic (exact) mass is 436 g/mol. The van der Waals surface area contributed by atoms with Crippen LogP contribution >= 0.6 is 11.8 Å². The Morgan fingerprint density at radius 2 is 1.77 bits per heavy atom. The number of carbonyl (C=O) groups excluding carboxylic acids is 1. The predicted molar refractivity (Wildman–Crippen MR) is 123 cm³/mol. The minimum atomic E-state index is 0.167. The number of likely N-dealkylation sites (tertiary alicyclic amines) is 1. The average molecular weight is 437 g/mol. The van der Waals surface area contributed by atoms with E-state index in [2.05, 4.69) is 40.5 Å². The molecule has 6 nitrogen and oxygen atoms in total. The van der Waals surface area contributed by atoms with Gasteiger partial charge in [0.15, 0.2) is 11.0 Å². The van der Waals surface area contributed by atoms with Gasteiger partial charge in [-0.15, -0.1) is 10.2 Å². The van der Waals surface area contributed by atoms with E-state index >= 15 is 0 Å². The van der Waals surface area contributed by atoms with Crippen molar-refractivity contribution in [2.75, 3.05) is 18.8 Å². The van der Waals surface area contributed by atoms with E-state index in [0.29, 0.717) is 18.2 Å². The molecule has 1 N–H and O–H groups in total. The Morgan fingerprint density at radius 1 is 1.06 bits per heavy atom. The lowest BCUT2D eigenvalue weighted by Gasteiger charge is -2.32. The zero-order chi connectivity index (χ0) is 21.6. The molecule has 1 aromatic heterocycles. The fraction of sp³-hybridized carbons (Fsp3) is 0.375. The summed E-state index contributed by atoms with van der Waals surface area (Å²) in [4.78, 5) is 14.8. The number of phenolic OH excluding ortho intramolecular Hbond substituents is 1. The maximum absolute atomic E-state index is 12.8. The van der Waals surface area contributed by atoms with Crippen molar-refractivity contribution in [1.29, 1.82) is 0 Å². The van der Waals surface area contributed by atoms with Crippen LogP contribution in [0.2, 0.25) is 0 Å². The minimum absolute atomic E-state index is 0.167.